The molecule has 3 nitrogen and oxygen atoms in total. The van der Waals surface area contributed by atoms with Crippen molar-refractivity contribution < 1.29 is 5.11 Å². The van der Waals surface area contributed by atoms with Gasteiger partial charge in [0.25, 0.3) is 0 Å². The first-order valence-corrected chi connectivity index (χ1v) is 9.36. The molecule has 1 heterocycles. The van der Waals surface area contributed by atoms with Gasteiger partial charge in [-0.2, -0.15) is 11.8 Å². The van der Waals surface area contributed by atoms with Gasteiger partial charge in [0.2, 0.25) is 0 Å². The zero-order chi connectivity index (χ0) is 14.4. The Labute approximate surface area is 129 Å². The Kier molecular flexibility index (Phi) is 6.66. The quantitative estimate of drug-likeness (QED) is 0.815. The minimum atomic E-state index is -0.557. The molecule has 0 spiro atoms. The maximum Gasteiger partial charge on any atom is 0.0718 e. The number of thioether (sulfide) groups is 1. The smallest absolute Gasteiger partial charge is 0.0718 e. The van der Waals surface area contributed by atoms with Crippen LogP contribution in [-0.4, -0.2) is 70.8 Å². The summed E-state index contributed by atoms with van der Waals surface area (Å²) in [5.74, 6) is 1.30. The minimum absolute atomic E-state index is 0.557. The number of nitrogens with zero attached hydrogens (tertiary/aromatic N) is 2. The monoisotopic (exact) mass is 300 g/mol. The third-order valence-corrected chi connectivity index (χ3v) is 5.75. The molecule has 0 aromatic rings. The van der Waals surface area contributed by atoms with E-state index in [2.05, 4.69) is 21.6 Å². The van der Waals surface area contributed by atoms with Crippen LogP contribution in [0.15, 0.2) is 0 Å². The van der Waals surface area contributed by atoms with Crippen LogP contribution in [0.2, 0.25) is 0 Å². The highest BCUT2D eigenvalue weighted by molar-refractivity contribution is 7.99. The highest BCUT2D eigenvalue weighted by atomic mass is 32.2. The van der Waals surface area contributed by atoms with E-state index >= 15 is 0 Å². The molecule has 0 unspecified atom stereocenters. The van der Waals surface area contributed by atoms with Gasteiger partial charge in [0.05, 0.1) is 5.60 Å². The van der Waals surface area contributed by atoms with Crippen LogP contribution >= 0.6 is 11.8 Å². The predicted molar refractivity (Wildman–Crippen MR) is 88.5 cm³/mol. The van der Waals surface area contributed by atoms with Gasteiger partial charge in [0.1, 0.15) is 0 Å². The van der Waals surface area contributed by atoms with Gasteiger partial charge in [0.15, 0.2) is 0 Å². The summed E-state index contributed by atoms with van der Waals surface area (Å²) in [5.41, 5.74) is -0.557. The molecule has 0 atom stereocenters. The molecule has 1 aliphatic heterocycles. The Morgan fingerprint density at radius 1 is 1.00 bits per heavy atom. The molecule has 2 rings (SSSR count). The van der Waals surface area contributed by atoms with Gasteiger partial charge in [-0.05, 0) is 26.7 Å². The van der Waals surface area contributed by atoms with Crippen molar-refractivity contribution in [3.63, 3.8) is 0 Å². The van der Waals surface area contributed by atoms with Crippen molar-refractivity contribution in [3.8, 4) is 0 Å². The standard InChI is InChI=1S/C16H32N2OS/c1-16(2,19)14-18-10-8-17(9-11-18)12-13-20-15-6-4-3-5-7-15/h15,19H,3-14H2,1-2H3. The van der Waals surface area contributed by atoms with Gasteiger partial charge >= 0.3 is 0 Å². The van der Waals surface area contributed by atoms with Gasteiger partial charge in [-0.25, -0.2) is 0 Å². The molecule has 118 valence electrons. The summed E-state index contributed by atoms with van der Waals surface area (Å²) in [5, 5.41) is 10.8. The molecule has 0 aromatic heterocycles. The van der Waals surface area contributed by atoms with Gasteiger partial charge < -0.3 is 5.11 Å². The topological polar surface area (TPSA) is 26.7 Å². The number of rotatable bonds is 6. The van der Waals surface area contributed by atoms with E-state index in [1.165, 1.54) is 57.5 Å². The van der Waals surface area contributed by atoms with Crippen LogP contribution in [-0.2, 0) is 0 Å². The third kappa shape index (κ3) is 6.33. The van der Waals surface area contributed by atoms with E-state index in [0.717, 1.165) is 24.9 Å². The van der Waals surface area contributed by atoms with Gasteiger partial charge in [0, 0.05) is 50.3 Å². The Hall–Kier alpha value is 0.230. The van der Waals surface area contributed by atoms with Crippen LogP contribution in [0.1, 0.15) is 46.0 Å². The molecular weight excluding hydrogens is 268 g/mol. The molecule has 1 N–H and O–H groups in total. The summed E-state index contributed by atoms with van der Waals surface area (Å²) in [6.07, 6.45) is 7.26. The Morgan fingerprint density at radius 2 is 1.60 bits per heavy atom. The normalized spacial score (nSPS) is 24.1. The number of β-amino-alcohol motifs (C(OH)–C–C–N with tert-alkyl or cyclic N) is 1. The largest absolute Gasteiger partial charge is 0.389 e. The van der Waals surface area contributed by atoms with E-state index in [1.807, 2.05) is 13.8 Å². The van der Waals surface area contributed by atoms with Crippen LogP contribution in [0.25, 0.3) is 0 Å². The van der Waals surface area contributed by atoms with E-state index < -0.39 is 5.60 Å². The number of piperazine rings is 1. The lowest BCUT2D eigenvalue weighted by Crippen LogP contribution is -2.50. The Bertz CT molecular complexity index is 266. The number of hydrogen-bond donors (Lipinski definition) is 1. The van der Waals surface area contributed by atoms with Crippen LogP contribution in [0.3, 0.4) is 0 Å². The molecule has 0 aromatic carbocycles. The first-order chi connectivity index (χ1) is 9.53. The average molecular weight is 301 g/mol. The molecule has 1 saturated heterocycles. The van der Waals surface area contributed by atoms with E-state index in [9.17, 15) is 5.11 Å². The maximum atomic E-state index is 9.86. The highest BCUT2D eigenvalue weighted by Gasteiger charge is 2.22. The van der Waals surface area contributed by atoms with Gasteiger partial charge in [-0.15, -0.1) is 0 Å². The SMILES string of the molecule is CC(C)(O)CN1CCN(CCSC2CCCCC2)CC1. The molecular formula is C16H32N2OS. The Balaban J connectivity index is 1.55. The molecule has 2 aliphatic rings. The Morgan fingerprint density at radius 3 is 2.20 bits per heavy atom. The fourth-order valence-corrected chi connectivity index (χ4v) is 4.66. The van der Waals surface area contributed by atoms with Crippen molar-refractivity contribution in [2.45, 2.75) is 56.8 Å². The lowest BCUT2D eigenvalue weighted by atomic mass is 10.0. The van der Waals surface area contributed by atoms with E-state index in [4.69, 9.17) is 0 Å². The first kappa shape index (κ1) is 16.6. The van der Waals surface area contributed by atoms with Crippen LogP contribution < -0.4 is 0 Å². The molecule has 0 radical (unpaired) electrons. The second-order valence-electron chi connectivity index (χ2n) is 7.06. The molecule has 0 amide bonds. The van der Waals surface area contributed by atoms with Crippen molar-refractivity contribution in [1.29, 1.82) is 0 Å². The highest BCUT2D eigenvalue weighted by Crippen LogP contribution is 2.28. The molecule has 4 heteroatoms. The molecule has 1 saturated carbocycles. The summed E-state index contributed by atoms with van der Waals surface area (Å²) < 4.78 is 0. The van der Waals surface area contributed by atoms with Crippen molar-refractivity contribution in [1.82, 2.24) is 9.80 Å². The zero-order valence-electron chi connectivity index (χ0n) is 13.3. The summed E-state index contributed by atoms with van der Waals surface area (Å²) in [6.45, 7) is 10.4. The van der Waals surface area contributed by atoms with Crippen molar-refractivity contribution in [2.75, 3.05) is 45.0 Å². The van der Waals surface area contributed by atoms with E-state index in [1.54, 1.807) is 0 Å². The summed E-state index contributed by atoms with van der Waals surface area (Å²) in [4.78, 5) is 4.99. The minimum Gasteiger partial charge on any atom is -0.389 e. The van der Waals surface area contributed by atoms with Crippen molar-refractivity contribution in [2.24, 2.45) is 0 Å². The maximum absolute atomic E-state index is 9.86. The van der Waals surface area contributed by atoms with Crippen LogP contribution in [0, 0.1) is 0 Å². The van der Waals surface area contributed by atoms with Gasteiger partial charge in [-0.3, -0.25) is 9.80 Å². The molecule has 2 fully saturated rings. The van der Waals surface area contributed by atoms with E-state index in [0.29, 0.717) is 0 Å². The third-order valence-electron chi connectivity index (χ3n) is 4.39. The van der Waals surface area contributed by atoms with Crippen molar-refractivity contribution >= 4 is 11.8 Å². The lowest BCUT2D eigenvalue weighted by molar-refractivity contribution is 0.0186. The van der Waals surface area contributed by atoms with Crippen LogP contribution in [0.5, 0.6) is 0 Å². The van der Waals surface area contributed by atoms with Crippen molar-refractivity contribution in [3.05, 3.63) is 0 Å². The van der Waals surface area contributed by atoms with Gasteiger partial charge in [-0.1, -0.05) is 19.3 Å². The lowest BCUT2D eigenvalue weighted by Gasteiger charge is -2.37. The fraction of sp³-hybridized carbons (Fsp3) is 1.00. The molecule has 0 bridgehead atoms. The summed E-state index contributed by atoms with van der Waals surface area (Å²) in [6, 6.07) is 0. The predicted octanol–water partition coefficient (Wildman–Crippen LogP) is 2.44. The summed E-state index contributed by atoms with van der Waals surface area (Å²) >= 11 is 2.21. The molecule has 1 aliphatic carbocycles. The first-order valence-electron chi connectivity index (χ1n) is 8.32. The second kappa shape index (κ2) is 8.02. The summed E-state index contributed by atoms with van der Waals surface area (Å²) in [7, 11) is 0. The fourth-order valence-electron chi connectivity index (χ4n) is 3.30. The average Bonchev–Trinajstić information content (AvgIpc) is 2.40. The second-order valence-corrected chi connectivity index (χ2v) is 8.47. The number of hydrogen-bond acceptors (Lipinski definition) is 4. The number of aliphatic hydroxyl groups is 1. The molecule has 20 heavy (non-hydrogen) atoms. The van der Waals surface area contributed by atoms with E-state index in [-0.39, 0.29) is 0 Å². The zero-order valence-corrected chi connectivity index (χ0v) is 14.1. The van der Waals surface area contributed by atoms with Crippen LogP contribution in [0.4, 0.5) is 0 Å².